The predicted molar refractivity (Wildman–Crippen MR) is 143 cm³/mol. The molecule has 0 spiro atoms. The minimum absolute atomic E-state index is 0.480. The molecule has 6 nitrogen and oxygen atoms in total. The normalized spacial score (nSPS) is 12.6. The first kappa shape index (κ1) is 25.2. The highest BCUT2D eigenvalue weighted by Crippen LogP contribution is 2.49. The van der Waals surface area contributed by atoms with Crippen LogP contribution in [0.4, 0.5) is 0 Å². The lowest BCUT2D eigenvalue weighted by Crippen LogP contribution is -2.16. The first-order valence-electron chi connectivity index (χ1n) is 13.1. The zero-order chi connectivity index (χ0) is 26.5. The molecule has 0 saturated heterocycles. The van der Waals surface area contributed by atoms with Crippen LogP contribution in [0.3, 0.4) is 0 Å². The summed E-state index contributed by atoms with van der Waals surface area (Å²) >= 11 is 0. The smallest absolute Gasteiger partial charge is 0.120 e. The number of aryl methyl sites for hydroxylation is 2. The average Bonchev–Trinajstić information content (AvgIpc) is 2.95. The first-order chi connectivity index (χ1) is 18.7. The summed E-state index contributed by atoms with van der Waals surface area (Å²) in [5, 5.41) is 20.2. The fourth-order valence-corrected chi connectivity index (χ4v) is 5.65. The molecule has 0 atom stereocenters. The topological polar surface area (TPSA) is 100 Å². The highest BCUT2D eigenvalue weighted by molar-refractivity contribution is 5.95. The van der Waals surface area contributed by atoms with Crippen LogP contribution in [0.2, 0.25) is 0 Å². The molecule has 0 amide bonds. The Kier molecular flexibility index (Phi) is 7.52. The summed E-state index contributed by atoms with van der Waals surface area (Å²) in [7, 11) is 0. The van der Waals surface area contributed by atoms with E-state index in [2.05, 4.69) is 36.4 Å². The second kappa shape index (κ2) is 11.3. The standard InChI is InChI=1S/C32H28N2O4/c33-19-29-27-9-5-21-17-23(37-15-3-1-13-35)7-11-25(21)31(27)32-26-12-8-24(38-16-4-2-14-36)18-22(26)6-10-28(32)30(29)20-34/h7-8,11-14,17-18H,1-6,9-10,15-16H2. The number of nitrogens with zero attached hydrogens (tertiary/aromatic N) is 2. The van der Waals surface area contributed by atoms with Crippen molar-refractivity contribution in [2.24, 2.45) is 0 Å². The van der Waals surface area contributed by atoms with Gasteiger partial charge in [0.25, 0.3) is 0 Å². The highest BCUT2D eigenvalue weighted by atomic mass is 16.5. The van der Waals surface area contributed by atoms with Crippen LogP contribution >= 0.6 is 0 Å². The van der Waals surface area contributed by atoms with E-state index in [9.17, 15) is 20.1 Å². The summed E-state index contributed by atoms with van der Waals surface area (Å²) in [6.07, 6.45) is 6.99. The number of aldehydes is 2. The fourth-order valence-electron chi connectivity index (χ4n) is 5.65. The van der Waals surface area contributed by atoms with Crippen molar-refractivity contribution in [2.75, 3.05) is 13.2 Å². The number of hydrogen-bond acceptors (Lipinski definition) is 6. The molecule has 0 N–H and O–H groups in total. The number of carbonyl (C=O) groups excluding carboxylic acids is 2. The second-order valence-corrected chi connectivity index (χ2v) is 9.63. The predicted octanol–water partition coefficient (Wildman–Crippen LogP) is 5.68. The van der Waals surface area contributed by atoms with Gasteiger partial charge in [-0.15, -0.1) is 0 Å². The van der Waals surface area contributed by atoms with Crippen LogP contribution in [0.15, 0.2) is 36.4 Å². The summed E-state index contributed by atoms with van der Waals surface area (Å²) in [5.41, 5.74) is 9.44. The zero-order valence-corrected chi connectivity index (χ0v) is 21.2. The van der Waals surface area contributed by atoms with Crippen molar-refractivity contribution < 1.29 is 19.1 Å². The lowest BCUT2D eigenvalue weighted by molar-refractivity contribution is -0.108. The van der Waals surface area contributed by atoms with Gasteiger partial charge in [0.15, 0.2) is 0 Å². The Hall–Kier alpha value is -4.42. The van der Waals surface area contributed by atoms with Gasteiger partial charge in [-0.2, -0.15) is 10.5 Å². The molecule has 0 radical (unpaired) electrons. The lowest BCUT2D eigenvalue weighted by atomic mass is 9.72. The molecule has 0 saturated carbocycles. The van der Waals surface area contributed by atoms with E-state index < -0.39 is 0 Å². The molecule has 0 aromatic heterocycles. The maximum absolute atomic E-state index is 10.6. The Morgan fingerprint density at radius 2 is 1.13 bits per heavy atom. The molecule has 190 valence electrons. The van der Waals surface area contributed by atoms with Gasteiger partial charge in [-0.05, 0) is 107 Å². The summed E-state index contributed by atoms with van der Waals surface area (Å²) in [6, 6.07) is 16.9. The van der Waals surface area contributed by atoms with Gasteiger partial charge in [-0.25, -0.2) is 0 Å². The summed E-state index contributed by atoms with van der Waals surface area (Å²) in [5.74, 6) is 1.55. The molecule has 38 heavy (non-hydrogen) atoms. The van der Waals surface area contributed by atoms with Crippen molar-refractivity contribution in [3.8, 4) is 45.9 Å². The van der Waals surface area contributed by atoms with Crippen LogP contribution in [0, 0.1) is 22.7 Å². The Bertz CT molecular complexity index is 1380. The molecular formula is C32H28N2O4. The number of benzene rings is 3. The SMILES string of the molecule is N#Cc1c(C#N)c2c(c3c1CCc1cc(OCCCC=O)ccc1-3)-c1ccc(OCCCC=O)cc1CC2. The summed E-state index contributed by atoms with van der Waals surface area (Å²) < 4.78 is 11.8. The Morgan fingerprint density at radius 1 is 0.684 bits per heavy atom. The third-order valence-corrected chi connectivity index (χ3v) is 7.38. The van der Waals surface area contributed by atoms with Crippen LogP contribution in [-0.2, 0) is 35.3 Å². The first-order valence-corrected chi connectivity index (χ1v) is 13.1. The molecule has 0 unspecified atom stereocenters. The number of fused-ring (bicyclic) bond motifs is 7. The Labute approximate surface area is 222 Å². The third kappa shape index (κ3) is 4.66. The molecule has 2 aliphatic carbocycles. The monoisotopic (exact) mass is 504 g/mol. The number of ether oxygens (including phenoxy) is 2. The molecule has 0 aliphatic heterocycles. The van der Waals surface area contributed by atoms with Crippen molar-refractivity contribution in [2.45, 2.75) is 51.4 Å². The Morgan fingerprint density at radius 3 is 1.53 bits per heavy atom. The van der Waals surface area contributed by atoms with Crippen molar-refractivity contribution >= 4 is 12.6 Å². The molecule has 3 aromatic rings. The quantitative estimate of drug-likeness (QED) is 0.260. The van der Waals surface area contributed by atoms with Crippen molar-refractivity contribution in [3.05, 3.63) is 69.8 Å². The van der Waals surface area contributed by atoms with Crippen LogP contribution in [0.1, 0.15) is 59.1 Å². The summed E-state index contributed by atoms with van der Waals surface area (Å²) in [4.78, 5) is 21.2. The summed E-state index contributed by atoms with van der Waals surface area (Å²) in [6.45, 7) is 0.973. The molecular weight excluding hydrogens is 476 g/mol. The minimum atomic E-state index is 0.480. The van der Waals surface area contributed by atoms with Crippen LogP contribution < -0.4 is 9.47 Å². The van der Waals surface area contributed by atoms with Crippen molar-refractivity contribution in [1.82, 2.24) is 0 Å². The fraction of sp³-hybridized carbons (Fsp3) is 0.312. The number of nitriles is 2. The molecule has 0 heterocycles. The van der Waals surface area contributed by atoms with E-state index in [1.807, 2.05) is 12.1 Å². The Balaban J connectivity index is 1.60. The minimum Gasteiger partial charge on any atom is -0.494 e. The zero-order valence-electron chi connectivity index (χ0n) is 21.2. The number of hydrogen-bond donors (Lipinski definition) is 0. The molecule has 2 aliphatic rings. The van der Waals surface area contributed by atoms with Gasteiger partial charge >= 0.3 is 0 Å². The van der Waals surface area contributed by atoms with Gasteiger partial charge in [0.2, 0.25) is 0 Å². The van der Waals surface area contributed by atoms with Crippen LogP contribution in [0.25, 0.3) is 22.3 Å². The number of carbonyl (C=O) groups is 2. The molecule has 5 rings (SSSR count). The molecule has 0 fully saturated rings. The van der Waals surface area contributed by atoms with E-state index in [0.29, 0.717) is 62.9 Å². The van der Waals surface area contributed by atoms with E-state index in [1.54, 1.807) is 0 Å². The number of unbranched alkanes of at least 4 members (excludes halogenated alkanes) is 2. The van der Waals surface area contributed by atoms with Crippen molar-refractivity contribution in [1.29, 1.82) is 10.5 Å². The van der Waals surface area contributed by atoms with Crippen LogP contribution in [-0.4, -0.2) is 25.8 Å². The third-order valence-electron chi connectivity index (χ3n) is 7.38. The van der Waals surface area contributed by atoms with Gasteiger partial charge in [0, 0.05) is 12.8 Å². The van der Waals surface area contributed by atoms with E-state index in [1.165, 1.54) is 0 Å². The van der Waals surface area contributed by atoms with E-state index in [0.717, 1.165) is 81.4 Å². The molecule has 6 heteroatoms. The second-order valence-electron chi connectivity index (χ2n) is 9.63. The van der Waals surface area contributed by atoms with Crippen LogP contribution in [0.5, 0.6) is 11.5 Å². The number of rotatable bonds is 10. The maximum atomic E-state index is 10.6. The highest BCUT2D eigenvalue weighted by Gasteiger charge is 2.32. The van der Waals surface area contributed by atoms with Crippen molar-refractivity contribution in [3.63, 3.8) is 0 Å². The van der Waals surface area contributed by atoms with E-state index in [-0.39, 0.29) is 0 Å². The van der Waals surface area contributed by atoms with Gasteiger partial charge in [-0.1, -0.05) is 12.1 Å². The molecule has 0 bridgehead atoms. The maximum Gasteiger partial charge on any atom is 0.120 e. The van der Waals surface area contributed by atoms with Gasteiger partial charge < -0.3 is 19.1 Å². The van der Waals surface area contributed by atoms with E-state index >= 15 is 0 Å². The van der Waals surface area contributed by atoms with Gasteiger partial charge in [0.05, 0.1) is 24.3 Å². The largest absolute Gasteiger partial charge is 0.494 e. The lowest BCUT2D eigenvalue weighted by Gasteiger charge is -2.31. The van der Waals surface area contributed by atoms with Gasteiger partial charge in [0.1, 0.15) is 36.2 Å². The molecule has 3 aromatic carbocycles. The van der Waals surface area contributed by atoms with E-state index in [4.69, 9.17) is 9.47 Å². The average molecular weight is 505 g/mol. The van der Waals surface area contributed by atoms with Gasteiger partial charge in [-0.3, -0.25) is 0 Å².